The summed E-state index contributed by atoms with van der Waals surface area (Å²) in [5, 5.41) is 10.1. The highest BCUT2D eigenvalue weighted by atomic mass is 32.2. The van der Waals surface area contributed by atoms with E-state index in [1.165, 1.54) is 12.1 Å². The number of hydrogen-bond donors (Lipinski definition) is 3. The molecule has 0 radical (unpaired) electrons. The fourth-order valence-corrected chi connectivity index (χ4v) is 3.81. The first-order valence-electron chi connectivity index (χ1n) is 9.60. The molecule has 1 fully saturated rings. The third kappa shape index (κ3) is 6.07. The molecule has 0 aliphatic heterocycles. The lowest BCUT2D eigenvalue weighted by Gasteiger charge is -2.15. The number of benzene rings is 1. The summed E-state index contributed by atoms with van der Waals surface area (Å²) < 4.78 is 54.5. The number of alkyl halides is 1. The summed E-state index contributed by atoms with van der Waals surface area (Å²) in [6.45, 7) is 0.881. The second kappa shape index (κ2) is 9.52. The molecule has 1 saturated carbocycles. The first-order chi connectivity index (χ1) is 14.7. The zero-order valence-corrected chi connectivity index (χ0v) is 17.5. The van der Waals surface area contributed by atoms with E-state index in [1.807, 2.05) is 0 Å². The lowest BCUT2D eigenvalue weighted by atomic mass is 10.0. The number of anilines is 2. The summed E-state index contributed by atoms with van der Waals surface area (Å²) in [6, 6.07) is 2.63. The van der Waals surface area contributed by atoms with Crippen molar-refractivity contribution in [3.8, 4) is 0 Å². The zero-order chi connectivity index (χ0) is 22.6. The Morgan fingerprint density at radius 3 is 2.65 bits per heavy atom. The van der Waals surface area contributed by atoms with E-state index in [4.69, 9.17) is 9.88 Å². The fraction of sp³-hybridized carbons (Fsp3) is 0.421. The lowest BCUT2D eigenvalue weighted by Crippen LogP contribution is -2.36. The van der Waals surface area contributed by atoms with Crippen molar-refractivity contribution in [3.05, 3.63) is 42.0 Å². The molecular weight excluding hydrogens is 432 g/mol. The third-order valence-electron chi connectivity index (χ3n) is 4.91. The van der Waals surface area contributed by atoms with E-state index >= 15 is 0 Å². The molecule has 0 unspecified atom stereocenters. The van der Waals surface area contributed by atoms with Gasteiger partial charge in [-0.05, 0) is 55.9 Å². The normalized spacial score (nSPS) is 19.6. The maximum absolute atomic E-state index is 14.1. The number of carbonyl (C=O) groups is 1. The number of ether oxygens (including phenoxy) is 1. The number of primary sulfonamides is 1. The van der Waals surface area contributed by atoms with Crippen LogP contribution in [0.4, 0.5) is 25.2 Å². The molecule has 0 spiro atoms. The van der Waals surface area contributed by atoms with Gasteiger partial charge in [-0.2, -0.15) is 0 Å². The topological polar surface area (TPSA) is 136 Å². The van der Waals surface area contributed by atoms with E-state index in [-0.39, 0.29) is 28.6 Å². The van der Waals surface area contributed by atoms with Crippen LogP contribution in [-0.2, 0) is 14.8 Å². The smallest absolute Gasteiger partial charge is 0.407 e. The lowest BCUT2D eigenvalue weighted by molar-refractivity contribution is 0.0965. The van der Waals surface area contributed by atoms with Gasteiger partial charge in [-0.25, -0.2) is 37.1 Å². The summed E-state index contributed by atoms with van der Waals surface area (Å²) in [7, 11) is -4.00. The first-order valence-corrected chi connectivity index (χ1v) is 11.1. The van der Waals surface area contributed by atoms with Gasteiger partial charge in [0.15, 0.2) is 0 Å². The molecule has 2 aromatic rings. The molecular formula is C19H23F2N5O4S. The minimum absolute atomic E-state index is 0.00278. The Morgan fingerprint density at radius 1 is 1.32 bits per heavy atom. The number of sulfonamides is 1. The molecule has 1 heterocycles. The van der Waals surface area contributed by atoms with Crippen molar-refractivity contribution in [3.63, 3.8) is 0 Å². The number of hydrogen-bond acceptors (Lipinski definition) is 7. The Hall–Kier alpha value is -2.86. The van der Waals surface area contributed by atoms with Crippen molar-refractivity contribution in [2.45, 2.75) is 49.1 Å². The van der Waals surface area contributed by atoms with Gasteiger partial charge < -0.3 is 15.4 Å². The van der Waals surface area contributed by atoms with Crippen LogP contribution in [0.1, 0.15) is 37.7 Å². The molecule has 3 rings (SSSR count). The highest BCUT2D eigenvalue weighted by Gasteiger charge is 2.29. The van der Waals surface area contributed by atoms with E-state index in [1.54, 1.807) is 19.3 Å². The van der Waals surface area contributed by atoms with E-state index in [9.17, 15) is 22.0 Å². The van der Waals surface area contributed by atoms with E-state index in [0.29, 0.717) is 12.8 Å². The molecule has 4 N–H and O–H groups in total. The number of halogens is 2. The van der Waals surface area contributed by atoms with Crippen LogP contribution in [0.2, 0.25) is 0 Å². The molecule has 1 amide bonds. The van der Waals surface area contributed by atoms with Crippen molar-refractivity contribution >= 4 is 27.8 Å². The Bertz CT molecular complexity index is 1040. The molecule has 9 nitrogen and oxygen atoms in total. The Kier molecular flexibility index (Phi) is 7.01. The molecule has 1 aliphatic rings. The monoisotopic (exact) mass is 455 g/mol. The van der Waals surface area contributed by atoms with Gasteiger partial charge >= 0.3 is 6.09 Å². The molecule has 168 valence electrons. The predicted octanol–water partition coefficient (Wildman–Crippen LogP) is 2.73. The quantitative estimate of drug-likeness (QED) is 0.584. The van der Waals surface area contributed by atoms with Crippen LogP contribution in [0.5, 0.6) is 0 Å². The van der Waals surface area contributed by atoms with Crippen LogP contribution >= 0.6 is 0 Å². The number of alkyl carbamates (subject to hydrolysis) is 1. The number of nitrogens with one attached hydrogen (secondary N) is 2. The molecule has 3 atom stereocenters. The van der Waals surface area contributed by atoms with Crippen LogP contribution in [0.3, 0.4) is 0 Å². The Labute approximate surface area is 178 Å². The van der Waals surface area contributed by atoms with Crippen molar-refractivity contribution in [2.24, 2.45) is 5.14 Å². The van der Waals surface area contributed by atoms with Gasteiger partial charge in [-0.1, -0.05) is 0 Å². The van der Waals surface area contributed by atoms with Crippen molar-refractivity contribution in [1.29, 1.82) is 0 Å². The number of rotatable bonds is 7. The number of nitrogens with two attached hydrogens (primary N) is 1. The molecule has 0 bridgehead atoms. The number of nitrogens with zero attached hydrogens (tertiary/aromatic N) is 2. The molecule has 1 aromatic heterocycles. The molecule has 31 heavy (non-hydrogen) atoms. The summed E-state index contributed by atoms with van der Waals surface area (Å²) in [5.74, 6) is -0.581. The predicted molar refractivity (Wildman–Crippen MR) is 109 cm³/mol. The average Bonchev–Trinajstić information content (AvgIpc) is 3.17. The average molecular weight is 455 g/mol. The fourth-order valence-electron chi connectivity index (χ4n) is 3.28. The molecule has 0 saturated heterocycles. The standard InChI is InChI=1S/C19H23F2N5O4S/c1-11(8-20)25-19(27)30-14-3-2-12(6-14)13-9-23-18(24-10-13)26-17-5-4-15(7-16(17)21)31(22,28)29/h4-5,7,9-12,14H,2-3,6,8H2,1H3,(H,25,27)(H2,22,28,29)(H,23,24,26)/t11-,12+,14-/m0/s1. The maximum atomic E-state index is 14.1. The van der Waals surface area contributed by atoms with Crippen LogP contribution < -0.4 is 15.8 Å². The summed E-state index contributed by atoms with van der Waals surface area (Å²) in [6.07, 6.45) is 4.33. The minimum Gasteiger partial charge on any atom is -0.446 e. The van der Waals surface area contributed by atoms with Crippen LogP contribution in [0.15, 0.2) is 35.5 Å². The van der Waals surface area contributed by atoms with E-state index < -0.39 is 34.7 Å². The third-order valence-corrected chi connectivity index (χ3v) is 5.82. The summed E-state index contributed by atoms with van der Waals surface area (Å²) >= 11 is 0. The highest BCUT2D eigenvalue weighted by Crippen LogP contribution is 2.35. The van der Waals surface area contributed by atoms with E-state index in [2.05, 4.69) is 20.6 Å². The van der Waals surface area contributed by atoms with Crippen LogP contribution in [0.25, 0.3) is 0 Å². The van der Waals surface area contributed by atoms with Crippen molar-refractivity contribution < 1.29 is 26.7 Å². The van der Waals surface area contributed by atoms with Gasteiger partial charge in [0.1, 0.15) is 18.6 Å². The molecule has 1 aliphatic carbocycles. The number of aromatic nitrogens is 2. The summed E-state index contributed by atoms with van der Waals surface area (Å²) in [4.78, 5) is 19.7. The van der Waals surface area contributed by atoms with Gasteiger partial charge in [0, 0.05) is 12.4 Å². The first kappa shape index (κ1) is 22.8. The van der Waals surface area contributed by atoms with Gasteiger partial charge in [0.05, 0.1) is 16.6 Å². The second-order valence-corrected chi connectivity index (χ2v) is 8.95. The Morgan fingerprint density at radius 2 is 2.03 bits per heavy atom. The van der Waals surface area contributed by atoms with Crippen LogP contribution in [-0.4, -0.2) is 43.3 Å². The van der Waals surface area contributed by atoms with Gasteiger partial charge in [0.2, 0.25) is 16.0 Å². The van der Waals surface area contributed by atoms with Crippen molar-refractivity contribution in [2.75, 3.05) is 12.0 Å². The van der Waals surface area contributed by atoms with Gasteiger partial charge in [-0.15, -0.1) is 0 Å². The highest BCUT2D eigenvalue weighted by molar-refractivity contribution is 7.89. The summed E-state index contributed by atoms with van der Waals surface area (Å²) in [5.41, 5.74) is 0.849. The van der Waals surface area contributed by atoms with Crippen LogP contribution in [0, 0.1) is 5.82 Å². The SMILES string of the molecule is C[C@@H](CF)NC(=O)O[C@H]1CC[C@@H](c2cnc(Nc3ccc(S(N)(=O)=O)cc3F)nc2)C1. The Balaban J connectivity index is 1.58. The molecule has 12 heteroatoms. The van der Waals surface area contributed by atoms with Crippen molar-refractivity contribution in [1.82, 2.24) is 15.3 Å². The second-order valence-electron chi connectivity index (χ2n) is 7.39. The van der Waals surface area contributed by atoms with Gasteiger partial charge in [-0.3, -0.25) is 0 Å². The van der Waals surface area contributed by atoms with Gasteiger partial charge in [0.25, 0.3) is 0 Å². The minimum atomic E-state index is -4.00. The van der Waals surface area contributed by atoms with E-state index in [0.717, 1.165) is 18.1 Å². The largest absolute Gasteiger partial charge is 0.446 e. The zero-order valence-electron chi connectivity index (χ0n) is 16.7. The maximum Gasteiger partial charge on any atom is 0.407 e. The number of amides is 1. The molecule has 1 aromatic carbocycles. The number of carbonyl (C=O) groups excluding carboxylic acids is 1.